The molecule has 0 heterocycles. The first-order valence-corrected chi connectivity index (χ1v) is 7.77. The maximum Gasteiger partial charge on any atom is 0.227 e. The molecular weight excluding hydrogens is 260 g/mol. The Balaban J connectivity index is 2.31. The summed E-state index contributed by atoms with van der Waals surface area (Å²) in [6.07, 6.45) is 2.02. The van der Waals surface area contributed by atoms with Crippen LogP contribution >= 0.6 is 0 Å². The van der Waals surface area contributed by atoms with Gasteiger partial charge in [-0.05, 0) is 57.5 Å². The summed E-state index contributed by atoms with van der Waals surface area (Å²) in [6.45, 7) is 5.70. The minimum atomic E-state index is -0.0780. The Hall–Kier alpha value is -1.61. The quantitative estimate of drug-likeness (QED) is 0.872. The minimum Gasteiger partial charge on any atom is -0.356 e. The summed E-state index contributed by atoms with van der Waals surface area (Å²) in [7, 11) is 4.19. The third-order valence-corrected chi connectivity index (χ3v) is 4.13. The molecule has 1 aliphatic rings. The van der Waals surface area contributed by atoms with Crippen molar-refractivity contribution in [2.75, 3.05) is 27.2 Å². The van der Waals surface area contributed by atoms with Gasteiger partial charge in [-0.1, -0.05) is 29.8 Å². The summed E-state index contributed by atoms with van der Waals surface area (Å²) in [6, 6.07) is 8.49. The Morgan fingerprint density at radius 3 is 2.71 bits per heavy atom. The van der Waals surface area contributed by atoms with Crippen LogP contribution in [0.5, 0.6) is 0 Å². The number of rotatable bonds is 6. The molecule has 0 radical (unpaired) electrons. The molecule has 1 aliphatic carbocycles. The van der Waals surface area contributed by atoms with E-state index in [1.54, 1.807) is 0 Å². The molecule has 21 heavy (non-hydrogen) atoms. The van der Waals surface area contributed by atoms with E-state index in [-0.39, 0.29) is 11.8 Å². The van der Waals surface area contributed by atoms with E-state index in [2.05, 4.69) is 48.6 Å². The predicted molar refractivity (Wildman–Crippen MR) is 88.1 cm³/mol. The van der Waals surface area contributed by atoms with E-state index < -0.39 is 0 Å². The number of nitrogens with zero attached hydrogens (tertiary/aromatic N) is 1. The highest BCUT2D eigenvalue weighted by molar-refractivity contribution is 5.94. The number of nitrogens with one attached hydrogen (secondary N) is 1. The highest BCUT2D eigenvalue weighted by Gasteiger charge is 2.28. The third kappa shape index (κ3) is 3.53. The first kappa shape index (κ1) is 15.8. The van der Waals surface area contributed by atoms with Crippen LogP contribution in [0.2, 0.25) is 0 Å². The van der Waals surface area contributed by atoms with E-state index in [4.69, 9.17) is 0 Å². The number of hydrogen-bond acceptors (Lipinski definition) is 2. The summed E-state index contributed by atoms with van der Waals surface area (Å²) in [4.78, 5) is 14.5. The van der Waals surface area contributed by atoms with Gasteiger partial charge in [0.05, 0.1) is 5.92 Å². The van der Waals surface area contributed by atoms with E-state index in [9.17, 15) is 4.79 Å². The van der Waals surface area contributed by atoms with Crippen LogP contribution in [0, 0.1) is 5.92 Å². The zero-order chi connectivity index (χ0) is 15.4. The number of benzene rings is 1. The van der Waals surface area contributed by atoms with Crippen LogP contribution < -0.4 is 5.32 Å². The lowest BCUT2D eigenvalue weighted by molar-refractivity contribution is -0.122. The summed E-state index contributed by atoms with van der Waals surface area (Å²) in [5, 5.41) is 2.95. The second kappa shape index (κ2) is 6.90. The van der Waals surface area contributed by atoms with Gasteiger partial charge in [-0.3, -0.25) is 4.79 Å². The van der Waals surface area contributed by atoms with Crippen LogP contribution in [0.4, 0.5) is 0 Å². The Morgan fingerprint density at radius 2 is 2.05 bits per heavy atom. The standard InChI is InChI=1S/C18H26N2O/c1-5-19-18(21)13(2)17-15(10-11-20(3)4)12-14-8-6-7-9-16(14)17/h6-9,13H,5,10-12H2,1-4H3,(H,19,21). The van der Waals surface area contributed by atoms with Crippen molar-refractivity contribution in [3.63, 3.8) is 0 Å². The largest absolute Gasteiger partial charge is 0.356 e. The van der Waals surface area contributed by atoms with Crippen molar-refractivity contribution in [1.29, 1.82) is 0 Å². The third-order valence-electron chi connectivity index (χ3n) is 4.13. The molecular formula is C18H26N2O. The van der Waals surface area contributed by atoms with Gasteiger partial charge in [-0.15, -0.1) is 0 Å². The van der Waals surface area contributed by atoms with Gasteiger partial charge < -0.3 is 10.2 Å². The molecule has 0 spiro atoms. The maximum atomic E-state index is 12.3. The number of fused-ring (bicyclic) bond motifs is 1. The zero-order valence-corrected chi connectivity index (χ0v) is 13.6. The van der Waals surface area contributed by atoms with Crippen molar-refractivity contribution in [3.05, 3.63) is 41.0 Å². The summed E-state index contributed by atoms with van der Waals surface area (Å²) < 4.78 is 0. The Labute approximate surface area is 128 Å². The maximum absolute atomic E-state index is 12.3. The van der Waals surface area contributed by atoms with Crippen molar-refractivity contribution < 1.29 is 4.79 Å². The van der Waals surface area contributed by atoms with Crippen molar-refractivity contribution in [2.24, 2.45) is 5.92 Å². The molecule has 1 N–H and O–H groups in total. The first-order chi connectivity index (χ1) is 10.0. The molecule has 0 saturated heterocycles. The van der Waals surface area contributed by atoms with E-state index in [1.807, 2.05) is 13.8 Å². The number of hydrogen-bond donors (Lipinski definition) is 1. The van der Waals surface area contributed by atoms with Gasteiger partial charge in [0.25, 0.3) is 0 Å². The fourth-order valence-electron chi connectivity index (χ4n) is 3.03. The van der Waals surface area contributed by atoms with E-state index >= 15 is 0 Å². The molecule has 0 aliphatic heterocycles. The lowest BCUT2D eigenvalue weighted by Crippen LogP contribution is -2.29. The molecule has 1 amide bonds. The molecule has 0 aromatic heterocycles. The van der Waals surface area contributed by atoms with Crippen LogP contribution in [-0.4, -0.2) is 38.0 Å². The molecule has 3 heteroatoms. The van der Waals surface area contributed by atoms with Crippen molar-refractivity contribution in [1.82, 2.24) is 10.2 Å². The van der Waals surface area contributed by atoms with Crippen LogP contribution in [-0.2, 0) is 11.2 Å². The van der Waals surface area contributed by atoms with Crippen LogP contribution in [0.1, 0.15) is 31.4 Å². The minimum absolute atomic E-state index is 0.0780. The topological polar surface area (TPSA) is 32.3 Å². The molecule has 114 valence electrons. The normalized spacial score (nSPS) is 15.3. The Bertz CT molecular complexity index is 546. The molecule has 1 unspecified atom stereocenters. The molecule has 0 bridgehead atoms. The second-order valence-corrected chi connectivity index (χ2v) is 6.02. The first-order valence-electron chi connectivity index (χ1n) is 7.77. The lowest BCUT2D eigenvalue weighted by Gasteiger charge is -2.17. The Morgan fingerprint density at radius 1 is 1.33 bits per heavy atom. The molecule has 2 rings (SSSR count). The van der Waals surface area contributed by atoms with Gasteiger partial charge in [0.15, 0.2) is 0 Å². The van der Waals surface area contributed by atoms with Crippen molar-refractivity contribution in [3.8, 4) is 0 Å². The molecule has 0 fully saturated rings. The lowest BCUT2D eigenvalue weighted by atomic mass is 9.91. The van der Waals surface area contributed by atoms with Crippen molar-refractivity contribution >= 4 is 11.5 Å². The van der Waals surface area contributed by atoms with Gasteiger partial charge >= 0.3 is 0 Å². The molecule has 0 saturated carbocycles. The number of carbonyl (C=O) groups is 1. The average Bonchev–Trinajstić information content (AvgIpc) is 2.82. The predicted octanol–water partition coefficient (Wildman–Crippen LogP) is 2.72. The van der Waals surface area contributed by atoms with Crippen LogP contribution in [0.25, 0.3) is 5.57 Å². The second-order valence-electron chi connectivity index (χ2n) is 6.02. The van der Waals surface area contributed by atoms with E-state index in [1.165, 1.54) is 22.3 Å². The Kier molecular flexibility index (Phi) is 5.18. The molecule has 1 atom stereocenters. The summed E-state index contributed by atoms with van der Waals surface area (Å²) in [5.74, 6) is 0.0531. The van der Waals surface area contributed by atoms with Crippen LogP contribution in [0.15, 0.2) is 29.8 Å². The summed E-state index contributed by atoms with van der Waals surface area (Å²) >= 11 is 0. The monoisotopic (exact) mass is 286 g/mol. The molecule has 1 aromatic carbocycles. The fraction of sp³-hybridized carbons (Fsp3) is 0.500. The van der Waals surface area contributed by atoms with Gasteiger partial charge in [-0.25, -0.2) is 0 Å². The van der Waals surface area contributed by atoms with E-state index in [0.29, 0.717) is 6.54 Å². The molecule has 3 nitrogen and oxygen atoms in total. The van der Waals surface area contributed by atoms with Crippen molar-refractivity contribution in [2.45, 2.75) is 26.7 Å². The fourth-order valence-corrected chi connectivity index (χ4v) is 3.03. The zero-order valence-electron chi connectivity index (χ0n) is 13.6. The summed E-state index contributed by atoms with van der Waals surface area (Å²) in [5.41, 5.74) is 5.30. The number of amides is 1. The average molecular weight is 286 g/mol. The highest BCUT2D eigenvalue weighted by atomic mass is 16.1. The van der Waals surface area contributed by atoms with Gasteiger partial charge in [0, 0.05) is 13.1 Å². The SMILES string of the molecule is CCNC(=O)C(C)C1=C(CCN(C)C)Cc2ccccc21. The van der Waals surface area contributed by atoms with E-state index in [0.717, 1.165) is 19.4 Å². The van der Waals surface area contributed by atoms with Crippen LogP contribution in [0.3, 0.4) is 0 Å². The highest BCUT2D eigenvalue weighted by Crippen LogP contribution is 2.39. The van der Waals surface area contributed by atoms with Gasteiger partial charge in [0.2, 0.25) is 5.91 Å². The van der Waals surface area contributed by atoms with Gasteiger partial charge in [-0.2, -0.15) is 0 Å². The number of carbonyl (C=O) groups excluding carboxylic acids is 1. The van der Waals surface area contributed by atoms with Gasteiger partial charge in [0.1, 0.15) is 0 Å². The molecule has 1 aromatic rings. The smallest absolute Gasteiger partial charge is 0.227 e.